The van der Waals surface area contributed by atoms with Gasteiger partial charge in [-0.05, 0) is 31.2 Å². The fraction of sp³-hybridized carbons (Fsp3) is 0.0556. The predicted octanol–water partition coefficient (Wildman–Crippen LogP) is 3.52. The van der Waals surface area contributed by atoms with Crippen molar-refractivity contribution in [3.8, 4) is 5.95 Å². The average Bonchev–Trinajstić information content (AvgIpc) is 3.17. The van der Waals surface area contributed by atoms with E-state index in [9.17, 15) is 9.18 Å². The van der Waals surface area contributed by atoms with Crippen LogP contribution in [0.15, 0.2) is 48.5 Å². The summed E-state index contributed by atoms with van der Waals surface area (Å²) in [6.45, 7) is 1.84. The lowest BCUT2D eigenvalue weighted by Crippen LogP contribution is -2.38. The van der Waals surface area contributed by atoms with E-state index in [2.05, 4.69) is 20.4 Å². The van der Waals surface area contributed by atoms with E-state index in [1.165, 1.54) is 18.2 Å². The standard InChI is InChI=1S/C18H13ClFN5O/c1-10-9-15(23-17(26)16-11(19)5-4-6-12(16)20)25(24-10)18-21-13-7-2-3-8-14(13)22-18/h2-9H,1H3,(H2,21,22,23,24,26)/p+1. The van der Waals surface area contributed by atoms with Gasteiger partial charge in [0.15, 0.2) is 5.52 Å². The molecule has 2 aromatic heterocycles. The number of para-hydroxylation sites is 2. The molecule has 0 aliphatic rings. The van der Waals surface area contributed by atoms with Crippen LogP contribution in [0.1, 0.15) is 16.1 Å². The third-order valence-electron chi connectivity index (χ3n) is 3.90. The van der Waals surface area contributed by atoms with Crippen LogP contribution in [0.4, 0.5) is 10.2 Å². The number of nitrogens with zero attached hydrogens (tertiary/aromatic N) is 2. The van der Waals surface area contributed by atoms with Crippen molar-refractivity contribution in [3.05, 3.63) is 70.6 Å². The number of rotatable bonds is 3. The molecule has 6 nitrogen and oxygen atoms in total. The second kappa shape index (κ2) is 6.27. The lowest BCUT2D eigenvalue weighted by Gasteiger charge is -2.04. The van der Waals surface area contributed by atoms with Gasteiger partial charge in [-0.15, -0.1) is 9.67 Å². The van der Waals surface area contributed by atoms with E-state index < -0.39 is 11.7 Å². The molecule has 3 N–H and O–H groups in total. The van der Waals surface area contributed by atoms with Crippen molar-refractivity contribution >= 4 is 34.4 Å². The second-order valence-corrected chi connectivity index (χ2v) is 6.20. The highest BCUT2D eigenvalue weighted by Crippen LogP contribution is 2.20. The number of nitrogens with one attached hydrogen (secondary N) is 3. The van der Waals surface area contributed by atoms with Crippen LogP contribution in [0.25, 0.3) is 17.0 Å². The van der Waals surface area contributed by atoms with Crippen molar-refractivity contribution in [2.45, 2.75) is 6.92 Å². The van der Waals surface area contributed by atoms with Gasteiger partial charge in [0.1, 0.15) is 16.9 Å². The molecular formula is C18H14ClFN5O+. The van der Waals surface area contributed by atoms with E-state index in [1.807, 2.05) is 31.2 Å². The van der Waals surface area contributed by atoms with Crippen molar-refractivity contribution < 1.29 is 13.9 Å². The van der Waals surface area contributed by atoms with Crippen molar-refractivity contribution in [2.75, 3.05) is 5.32 Å². The number of fused-ring (bicyclic) bond motifs is 1. The number of carbonyl (C=O) groups excluding carboxylic acids is 1. The van der Waals surface area contributed by atoms with Crippen LogP contribution in [0.2, 0.25) is 5.02 Å². The molecule has 4 aromatic rings. The lowest BCUT2D eigenvalue weighted by molar-refractivity contribution is -0.648. The molecule has 8 heteroatoms. The van der Waals surface area contributed by atoms with Gasteiger partial charge in [-0.1, -0.05) is 29.8 Å². The Bertz CT molecular complexity index is 1080. The molecular weight excluding hydrogens is 357 g/mol. The molecule has 2 heterocycles. The summed E-state index contributed by atoms with van der Waals surface area (Å²) in [5.74, 6) is -0.422. The molecule has 0 aliphatic heterocycles. The summed E-state index contributed by atoms with van der Waals surface area (Å²) in [5.41, 5.74) is 2.23. The third kappa shape index (κ3) is 2.82. The fourth-order valence-electron chi connectivity index (χ4n) is 2.74. The quantitative estimate of drug-likeness (QED) is 0.482. The first-order valence-electron chi connectivity index (χ1n) is 7.85. The zero-order valence-corrected chi connectivity index (χ0v) is 14.4. The lowest BCUT2D eigenvalue weighted by atomic mass is 10.2. The molecule has 0 radical (unpaired) electrons. The molecule has 0 saturated carbocycles. The number of carbonyl (C=O) groups is 1. The second-order valence-electron chi connectivity index (χ2n) is 5.79. The highest BCUT2D eigenvalue weighted by atomic mass is 35.5. The van der Waals surface area contributed by atoms with Crippen molar-refractivity contribution in [1.82, 2.24) is 15.1 Å². The predicted molar refractivity (Wildman–Crippen MR) is 96.1 cm³/mol. The fourth-order valence-corrected chi connectivity index (χ4v) is 2.99. The van der Waals surface area contributed by atoms with E-state index in [4.69, 9.17) is 11.6 Å². The molecule has 0 bridgehead atoms. The van der Waals surface area contributed by atoms with Crippen molar-refractivity contribution in [1.29, 1.82) is 0 Å². The molecule has 4 rings (SSSR count). The maximum Gasteiger partial charge on any atom is 0.374 e. The zero-order valence-electron chi connectivity index (χ0n) is 13.7. The van der Waals surface area contributed by atoms with Gasteiger partial charge in [0.05, 0.1) is 5.02 Å². The van der Waals surface area contributed by atoms with E-state index in [-0.39, 0.29) is 10.6 Å². The van der Waals surface area contributed by atoms with Gasteiger partial charge in [-0.25, -0.2) is 4.39 Å². The summed E-state index contributed by atoms with van der Waals surface area (Å²) in [4.78, 5) is 20.2. The number of hydrogen-bond donors (Lipinski definition) is 3. The SMILES string of the molecule is Cc1cc(NC(=O)c2c(F)cccc2Cl)[n+](-c2nc3ccccc3[nH]2)[nH]1. The number of halogens is 2. The van der Waals surface area contributed by atoms with Crippen LogP contribution in [0, 0.1) is 12.7 Å². The molecule has 0 spiro atoms. The Morgan fingerprint density at radius 1 is 1.23 bits per heavy atom. The summed E-state index contributed by atoms with van der Waals surface area (Å²) in [6, 6.07) is 13.4. The van der Waals surface area contributed by atoms with E-state index in [0.29, 0.717) is 11.8 Å². The topological polar surface area (TPSA) is 77.5 Å². The van der Waals surface area contributed by atoms with Gasteiger partial charge in [0, 0.05) is 11.8 Å². The number of anilines is 1. The molecule has 0 saturated heterocycles. The summed E-state index contributed by atoms with van der Waals surface area (Å²) in [7, 11) is 0. The van der Waals surface area contributed by atoms with Gasteiger partial charge in [0.25, 0.3) is 0 Å². The number of aromatic amines is 2. The van der Waals surface area contributed by atoms with Crippen LogP contribution in [0.5, 0.6) is 0 Å². The molecule has 0 atom stereocenters. The molecule has 26 heavy (non-hydrogen) atoms. The Kier molecular flexibility index (Phi) is 3.93. The largest absolute Gasteiger partial charge is 0.374 e. The molecule has 0 fully saturated rings. The first-order valence-corrected chi connectivity index (χ1v) is 8.23. The summed E-state index contributed by atoms with van der Waals surface area (Å²) >= 11 is 5.97. The van der Waals surface area contributed by atoms with Crippen LogP contribution < -0.4 is 10.00 Å². The van der Waals surface area contributed by atoms with Gasteiger partial charge in [-0.3, -0.25) is 20.2 Å². The monoisotopic (exact) mass is 370 g/mol. The highest BCUT2D eigenvalue weighted by molar-refractivity contribution is 6.34. The molecule has 0 unspecified atom stereocenters. The number of aromatic nitrogens is 4. The number of amides is 1. The van der Waals surface area contributed by atoms with Crippen LogP contribution in [-0.2, 0) is 0 Å². The molecule has 130 valence electrons. The minimum Gasteiger partial charge on any atom is -0.258 e. The molecule has 2 aromatic carbocycles. The van der Waals surface area contributed by atoms with Gasteiger partial charge < -0.3 is 0 Å². The highest BCUT2D eigenvalue weighted by Gasteiger charge is 2.23. The average molecular weight is 371 g/mol. The maximum absolute atomic E-state index is 14.0. The first kappa shape index (κ1) is 16.3. The number of aryl methyl sites for hydroxylation is 1. The van der Waals surface area contributed by atoms with Gasteiger partial charge in [0.2, 0.25) is 5.82 Å². The Labute approximate surface area is 152 Å². The first-order chi connectivity index (χ1) is 12.5. The normalized spacial score (nSPS) is 11.0. The summed E-state index contributed by atoms with van der Waals surface area (Å²) in [6.07, 6.45) is 0. The smallest absolute Gasteiger partial charge is 0.258 e. The Hall–Kier alpha value is -3.19. The van der Waals surface area contributed by atoms with Gasteiger partial charge in [-0.2, -0.15) is 0 Å². The number of hydrogen-bond acceptors (Lipinski definition) is 2. The Morgan fingerprint density at radius 2 is 2.04 bits per heavy atom. The maximum atomic E-state index is 14.0. The molecule has 0 aliphatic carbocycles. The summed E-state index contributed by atoms with van der Waals surface area (Å²) < 4.78 is 15.6. The third-order valence-corrected chi connectivity index (χ3v) is 4.22. The zero-order chi connectivity index (χ0) is 18.3. The van der Waals surface area contributed by atoms with Crippen LogP contribution in [-0.4, -0.2) is 21.0 Å². The van der Waals surface area contributed by atoms with E-state index in [1.54, 1.807) is 10.7 Å². The Balaban J connectivity index is 1.73. The minimum atomic E-state index is -0.683. The minimum absolute atomic E-state index is 0.0463. The van der Waals surface area contributed by atoms with Crippen LogP contribution >= 0.6 is 11.6 Å². The number of H-pyrrole nitrogens is 2. The van der Waals surface area contributed by atoms with Gasteiger partial charge >= 0.3 is 11.9 Å². The molecule has 1 amide bonds. The van der Waals surface area contributed by atoms with Crippen LogP contribution in [0.3, 0.4) is 0 Å². The van der Waals surface area contributed by atoms with E-state index in [0.717, 1.165) is 16.7 Å². The summed E-state index contributed by atoms with van der Waals surface area (Å²) in [5, 5.41) is 5.82. The van der Waals surface area contributed by atoms with E-state index >= 15 is 0 Å². The van der Waals surface area contributed by atoms with Crippen molar-refractivity contribution in [3.63, 3.8) is 0 Å². The Morgan fingerprint density at radius 3 is 2.81 bits per heavy atom. The van der Waals surface area contributed by atoms with Crippen molar-refractivity contribution in [2.24, 2.45) is 0 Å². The number of imidazole rings is 1. The number of benzene rings is 2.